The molecule has 1 saturated heterocycles. The molecule has 2 N–H and O–H groups in total. The second kappa shape index (κ2) is 8.26. The summed E-state index contributed by atoms with van der Waals surface area (Å²) in [5, 5.41) is 5.85. The van der Waals surface area contributed by atoms with Crippen molar-refractivity contribution >= 4 is 28.8 Å². The highest BCUT2D eigenvalue weighted by molar-refractivity contribution is 6.27. The highest BCUT2D eigenvalue weighted by Gasteiger charge is 2.36. The molecule has 29 heavy (non-hydrogen) atoms. The molecule has 1 aliphatic heterocycles. The zero-order valence-electron chi connectivity index (χ0n) is 15.5. The van der Waals surface area contributed by atoms with Gasteiger partial charge in [0.1, 0.15) is 11.4 Å². The van der Waals surface area contributed by atoms with Crippen LogP contribution in [0.5, 0.6) is 0 Å². The highest BCUT2D eigenvalue weighted by Crippen LogP contribution is 2.31. The molecule has 1 aromatic heterocycles. The lowest BCUT2D eigenvalue weighted by molar-refractivity contribution is -0.114. The van der Waals surface area contributed by atoms with Crippen LogP contribution >= 0.6 is 0 Å². The van der Waals surface area contributed by atoms with E-state index in [1.807, 2.05) is 4.90 Å². The molecule has 0 spiro atoms. The minimum absolute atomic E-state index is 0. The normalized spacial score (nSPS) is 15.7. The quantitative estimate of drug-likeness (QED) is 0.828. The molecule has 1 fully saturated rings. The average Bonchev–Trinajstić information content (AvgIpc) is 3.21. The lowest BCUT2D eigenvalue weighted by Gasteiger charge is -2.28. The monoisotopic (exact) mass is 392 g/mol. The summed E-state index contributed by atoms with van der Waals surface area (Å²) >= 11 is 0. The topological polar surface area (TPSA) is 91.4 Å². The number of carbonyl (C=O) groups excluding carboxylic acids is 3. The van der Waals surface area contributed by atoms with E-state index in [1.165, 1.54) is 19.3 Å². The zero-order chi connectivity index (χ0) is 19.7. The number of Topliss-reactive ketones (excluding diaryl/α,β-unsaturated/α-hetero) is 2. The Balaban J connectivity index is 0.00000240. The minimum atomic E-state index is -0.218. The second-order valence-electron chi connectivity index (χ2n) is 6.88. The number of nitrogens with one attached hydrogen (secondary N) is 2. The van der Waals surface area contributed by atoms with E-state index in [1.54, 1.807) is 30.3 Å². The Kier molecular flexibility index (Phi) is 5.77. The lowest BCUT2D eigenvalue weighted by Crippen LogP contribution is -2.35. The van der Waals surface area contributed by atoms with E-state index >= 15 is 0 Å². The third-order valence-corrected chi connectivity index (χ3v) is 4.89. The summed E-state index contributed by atoms with van der Waals surface area (Å²) in [6.45, 7) is 2.94. The van der Waals surface area contributed by atoms with Crippen molar-refractivity contribution < 1.29 is 14.4 Å². The first-order valence-electron chi connectivity index (χ1n) is 9.22. The zero-order valence-corrected chi connectivity index (χ0v) is 15.5. The highest BCUT2D eigenvalue weighted by atomic mass is 16.1. The molecule has 0 saturated carbocycles. The first-order valence-corrected chi connectivity index (χ1v) is 9.22. The number of aromatic nitrogens is 1. The Hall–Kier alpha value is -3.48. The number of pyridine rings is 1. The van der Waals surface area contributed by atoms with E-state index in [2.05, 4.69) is 15.6 Å². The van der Waals surface area contributed by atoms with Crippen LogP contribution in [0.15, 0.2) is 54.1 Å². The number of anilines is 2. The number of fused-ring (bicyclic) bond motifs is 1. The van der Waals surface area contributed by atoms with Gasteiger partial charge in [-0.2, -0.15) is 0 Å². The summed E-state index contributed by atoms with van der Waals surface area (Å²) in [4.78, 5) is 43.5. The molecule has 1 aromatic carbocycles. The maximum absolute atomic E-state index is 13.2. The Morgan fingerprint density at radius 2 is 1.62 bits per heavy atom. The molecule has 1 aliphatic carbocycles. The van der Waals surface area contributed by atoms with E-state index in [0.717, 1.165) is 25.9 Å². The number of carbonyl (C=O) groups is 3. The van der Waals surface area contributed by atoms with Gasteiger partial charge in [-0.1, -0.05) is 7.43 Å². The fraction of sp³-hybridized carbons (Fsp3) is 0.273. The molecular weight excluding hydrogens is 368 g/mol. The van der Waals surface area contributed by atoms with E-state index < -0.39 is 0 Å². The van der Waals surface area contributed by atoms with Crippen molar-refractivity contribution in [2.45, 2.75) is 27.2 Å². The maximum atomic E-state index is 13.2. The molecule has 2 aliphatic rings. The second-order valence-corrected chi connectivity index (χ2v) is 6.88. The SMILES string of the molecule is C.CC(=O)Nc1ccc(NC2=C(N3CCCC3)C(=O)c3cnccc3C2=O)cc1. The van der Waals surface area contributed by atoms with Gasteiger partial charge in [0.15, 0.2) is 0 Å². The van der Waals surface area contributed by atoms with Crippen LogP contribution in [-0.4, -0.2) is 40.4 Å². The molecule has 1 amide bonds. The number of ketones is 2. The number of likely N-dealkylation sites (tertiary alicyclic amines) is 1. The van der Waals surface area contributed by atoms with Gasteiger partial charge < -0.3 is 15.5 Å². The predicted octanol–water partition coefficient (Wildman–Crippen LogP) is 3.47. The molecule has 2 aromatic rings. The summed E-state index contributed by atoms with van der Waals surface area (Å²) in [5.74, 6) is -0.551. The number of allylic oxidation sites excluding steroid dienone is 2. The average molecular weight is 392 g/mol. The minimum Gasteiger partial charge on any atom is -0.367 e. The van der Waals surface area contributed by atoms with Gasteiger partial charge in [0, 0.05) is 49.3 Å². The van der Waals surface area contributed by atoms with Crippen molar-refractivity contribution in [3.8, 4) is 0 Å². The van der Waals surface area contributed by atoms with E-state index in [0.29, 0.717) is 28.2 Å². The summed E-state index contributed by atoms with van der Waals surface area (Å²) in [6, 6.07) is 8.59. The largest absolute Gasteiger partial charge is 0.367 e. The third kappa shape index (κ3) is 3.89. The van der Waals surface area contributed by atoms with Crippen molar-refractivity contribution in [2.75, 3.05) is 23.7 Å². The van der Waals surface area contributed by atoms with Crippen molar-refractivity contribution in [1.29, 1.82) is 0 Å². The van der Waals surface area contributed by atoms with Crippen LogP contribution in [0.4, 0.5) is 11.4 Å². The predicted molar refractivity (Wildman–Crippen MR) is 112 cm³/mol. The number of hydrogen-bond acceptors (Lipinski definition) is 6. The van der Waals surface area contributed by atoms with E-state index in [-0.39, 0.29) is 30.6 Å². The van der Waals surface area contributed by atoms with Crippen LogP contribution in [0.2, 0.25) is 0 Å². The number of amides is 1. The Morgan fingerprint density at radius 3 is 2.28 bits per heavy atom. The van der Waals surface area contributed by atoms with Crippen molar-refractivity contribution in [2.24, 2.45) is 0 Å². The summed E-state index contributed by atoms with van der Waals surface area (Å²) < 4.78 is 0. The van der Waals surface area contributed by atoms with Crippen LogP contribution in [0.25, 0.3) is 0 Å². The summed E-state index contributed by atoms with van der Waals surface area (Å²) in [6.07, 6.45) is 4.96. The number of nitrogens with zero attached hydrogens (tertiary/aromatic N) is 2. The first kappa shape index (κ1) is 20.3. The van der Waals surface area contributed by atoms with Crippen molar-refractivity contribution in [3.63, 3.8) is 0 Å². The number of hydrogen-bond donors (Lipinski definition) is 2. The van der Waals surface area contributed by atoms with E-state index in [4.69, 9.17) is 0 Å². The van der Waals surface area contributed by atoms with Gasteiger partial charge in [-0.05, 0) is 43.2 Å². The fourth-order valence-electron chi connectivity index (χ4n) is 3.60. The molecule has 0 atom stereocenters. The molecular formula is C22H24N4O3. The van der Waals surface area contributed by atoms with Gasteiger partial charge in [-0.3, -0.25) is 19.4 Å². The van der Waals surface area contributed by atoms with Gasteiger partial charge in [0.05, 0.1) is 5.56 Å². The molecule has 4 rings (SSSR count). The molecule has 7 nitrogen and oxygen atoms in total. The van der Waals surface area contributed by atoms with Crippen molar-refractivity contribution in [1.82, 2.24) is 9.88 Å². The molecule has 0 radical (unpaired) electrons. The number of benzene rings is 1. The van der Waals surface area contributed by atoms with Gasteiger partial charge in [-0.15, -0.1) is 0 Å². The van der Waals surface area contributed by atoms with Crippen LogP contribution in [-0.2, 0) is 4.79 Å². The van der Waals surface area contributed by atoms with Crippen LogP contribution in [0.1, 0.15) is 47.9 Å². The van der Waals surface area contributed by atoms with Crippen molar-refractivity contribution in [3.05, 3.63) is 65.2 Å². The molecule has 2 heterocycles. The Labute approximate surface area is 169 Å². The standard InChI is InChI=1S/C21H20N4O3.CH4/c1-13(26)23-14-4-6-15(7-5-14)24-18-19(25-10-2-3-11-25)21(28)17-12-22-9-8-16(17)20(18)27;/h4-9,12,24H,2-3,10-11H2,1H3,(H,23,26);1H4. The lowest BCUT2D eigenvalue weighted by atomic mass is 9.91. The third-order valence-electron chi connectivity index (χ3n) is 4.89. The maximum Gasteiger partial charge on any atom is 0.221 e. The smallest absolute Gasteiger partial charge is 0.221 e. The Morgan fingerprint density at radius 1 is 0.966 bits per heavy atom. The van der Waals surface area contributed by atoms with Crippen LogP contribution in [0.3, 0.4) is 0 Å². The van der Waals surface area contributed by atoms with Gasteiger partial charge >= 0.3 is 0 Å². The van der Waals surface area contributed by atoms with Gasteiger partial charge in [0.25, 0.3) is 0 Å². The fourth-order valence-corrected chi connectivity index (χ4v) is 3.60. The Bertz CT molecular complexity index is 989. The van der Waals surface area contributed by atoms with Gasteiger partial charge in [-0.25, -0.2) is 0 Å². The molecule has 0 bridgehead atoms. The van der Waals surface area contributed by atoms with Gasteiger partial charge in [0.2, 0.25) is 17.5 Å². The molecule has 150 valence electrons. The van der Waals surface area contributed by atoms with Crippen LogP contribution < -0.4 is 10.6 Å². The molecule has 0 unspecified atom stereocenters. The number of rotatable bonds is 4. The van der Waals surface area contributed by atoms with Crippen LogP contribution in [0, 0.1) is 0 Å². The first-order chi connectivity index (χ1) is 13.5. The summed E-state index contributed by atoms with van der Waals surface area (Å²) in [7, 11) is 0. The molecule has 7 heteroatoms. The summed E-state index contributed by atoms with van der Waals surface area (Å²) in [5.41, 5.74) is 2.74. The van der Waals surface area contributed by atoms with E-state index in [9.17, 15) is 14.4 Å².